The van der Waals surface area contributed by atoms with Gasteiger partial charge in [-0.1, -0.05) is 6.58 Å². The number of methoxy groups -OCH3 is 2. The Morgan fingerprint density at radius 1 is 1.11 bits per heavy atom. The third-order valence-electron chi connectivity index (χ3n) is 7.47. The van der Waals surface area contributed by atoms with Gasteiger partial charge in [-0.15, -0.1) is 0 Å². The van der Waals surface area contributed by atoms with Crippen LogP contribution in [0.3, 0.4) is 0 Å². The van der Waals surface area contributed by atoms with Crippen molar-refractivity contribution in [2.75, 3.05) is 68.9 Å². The van der Waals surface area contributed by atoms with Crippen molar-refractivity contribution in [2.45, 2.75) is 25.7 Å². The average molecular weight is 661 g/mol. The zero-order valence-electron chi connectivity index (χ0n) is 26.8. The number of rotatable bonds is 12. The lowest BCUT2D eigenvalue weighted by atomic mass is 10.1. The van der Waals surface area contributed by atoms with E-state index in [9.17, 15) is 27.2 Å². The Balaban J connectivity index is 1.80. The van der Waals surface area contributed by atoms with Crippen molar-refractivity contribution < 1.29 is 36.6 Å². The first-order chi connectivity index (χ1) is 22.2. The predicted octanol–water partition coefficient (Wildman–Crippen LogP) is 5.52. The number of amides is 3. The van der Waals surface area contributed by atoms with Crippen molar-refractivity contribution >= 4 is 46.5 Å². The van der Waals surface area contributed by atoms with E-state index in [0.29, 0.717) is 34.3 Å². The molecule has 1 atom stereocenters. The van der Waals surface area contributed by atoms with Gasteiger partial charge in [-0.3, -0.25) is 4.79 Å². The van der Waals surface area contributed by atoms with Crippen LogP contribution >= 0.6 is 0 Å². The number of nitrogens with zero attached hydrogens (tertiary/aromatic N) is 6. The summed E-state index contributed by atoms with van der Waals surface area (Å²) >= 11 is 0. The summed E-state index contributed by atoms with van der Waals surface area (Å²) < 4.78 is 66.7. The van der Waals surface area contributed by atoms with E-state index in [1.165, 1.54) is 32.5 Å². The van der Waals surface area contributed by atoms with Gasteiger partial charge in [0.1, 0.15) is 11.8 Å². The second kappa shape index (κ2) is 14.1. The molecule has 2 N–H and O–H groups in total. The van der Waals surface area contributed by atoms with Crippen molar-refractivity contribution in [3.63, 3.8) is 0 Å². The quantitative estimate of drug-likeness (QED) is 0.191. The van der Waals surface area contributed by atoms with Crippen molar-refractivity contribution in [3.05, 3.63) is 60.6 Å². The highest BCUT2D eigenvalue weighted by Gasteiger charge is 2.46. The number of alkyl halides is 3. The first-order valence-corrected chi connectivity index (χ1v) is 14.3. The molecular formula is C31H36F4N8O4. The molecule has 0 aliphatic carbocycles. The number of benzene rings is 2. The summed E-state index contributed by atoms with van der Waals surface area (Å²) in [5, 5.41) is 5.81. The fourth-order valence-corrected chi connectivity index (χ4v) is 4.77. The van der Waals surface area contributed by atoms with E-state index in [4.69, 9.17) is 9.47 Å². The number of ether oxygens (including phenoxy) is 2. The van der Waals surface area contributed by atoms with Gasteiger partial charge in [-0.25, -0.2) is 19.1 Å². The highest BCUT2D eigenvalue weighted by Crippen LogP contribution is 2.41. The summed E-state index contributed by atoms with van der Waals surface area (Å²) in [6.07, 6.45) is -2.31. The minimum atomic E-state index is -4.73. The fraction of sp³-hybridized carbons (Fsp3) is 0.355. The lowest BCUT2D eigenvalue weighted by Crippen LogP contribution is -2.53. The molecule has 16 heteroatoms. The highest BCUT2D eigenvalue weighted by atomic mass is 19.4. The van der Waals surface area contributed by atoms with Crippen molar-refractivity contribution in [1.29, 1.82) is 0 Å². The molecule has 1 aromatic heterocycles. The standard InChI is InChI=1S/C31H36F4N8O4/c1-8-27(44)37-22-14-23(26(47-7)15-24(22)41(5)12-11-40(3)4)38-29-36-16-19-17-42(18(2)31(33,34)35)30(45)43(28(19)39-29)20-9-10-25(46-6)21(32)13-20/h8-10,13-16,18H,1,11-12,17H2,2-7H3,(H,37,44)(H,36,38,39)/t18-/m0/s1. The average Bonchev–Trinajstić information content (AvgIpc) is 3.02. The number of carbonyl (C=O) groups excluding carboxylic acids is 2. The monoisotopic (exact) mass is 660 g/mol. The molecule has 2 heterocycles. The SMILES string of the molecule is C=CC(=O)Nc1cc(Nc2ncc3c(n2)N(c2ccc(OC)c(F)c2)C(=O)N([C@@H](C)C(F)(F)F)C3)c(OC)cc1N(C)CCN(C)C. The number of carbonyl (C=O) groups is 2. The number of likely N-dealkylation sites (N-methyl/N-ethyl adjacent to an activating group) is 2. The summed E-state index contributed by atoms with van der Waals surface area (Å²) in [7, 11) is 8.45. The van der Waals surface area contributed by atoms with E-state index >= 15 is 0 Å². The van der Waals surface area contributed by atoms with E-state index in [2.05, 4.69) is 27.2 Å². The van der Waals surface area contributed by atoms with Gasteiger partial charge in [0.15, 0.2) is 17.4 Å². The van der Waals surface area contributed by atoms with Gasteiger partial charge in [-0.05, 0) is 45.3 Å². The van der Waals surface area contributed by atoms with E-state index < -0.39 is 36.5 Å². The normalized spacial score (nSPS) is 13.6. The van der Waals surface area contributed by atoms with Crippen molar-refractivity contribution in [3.8, 4) is 11.5 Å². The number of halogens is 4. The number of fused-ring (bicyclic) bond motifs is 1. The Hall–Kier alpha value is -5.12. The van der Waals surface area contributed by atoms with Crippen LogP contribution in [-0.4, -0.2) is 92.4 Å². The molecular weight excluding hydrogens is 624 g/mol. The molecule has 3 amide bonds. The van der Waals surface area contributed by atoms with E-state index in [1.54, 1.807) is 12.1 Å². The number of hydrogen-bond donors (Lipinski definition) is 2. The molecule has 0 spiro atoms. The molecule has 0 saturated carbocycles. The molecule has 0 radical (unpaired) electrons. The lowest BCUT2D eigenvalue weighted by molar-refractivity contribution is -0.172. The third-order valence-corrected chi connectivity index (χ3v) is 7.47. The number of aromatic nitrogens is 2. The summed E-state index contributed by atoms with van der Waals surface area (Å²) in [4.78, 5) is 40.2. The van der Waals surface area contributed by atoms with Crippen LogP contribution in [0.4, 0.5) is 56.9 Å². The molecule has 1 aliphatic heterocycles. The molecule has 0 fully saturated rings. The molecule has 0 saturated heterocycles. The molecule has 3 aromatic rings. The predicted molar refractivity (Wildman–Crippen MR) is 171 cm³/mol. The van der Waals surface area contributed by atoms with Gasteiger partial charge in [0.25, 0.3) is 0 Å². The maximum atomic E-state index is 14.8. The summed E-state index contributed by atoms with van der Waals surface area (Å²) in [5.41, 5.74) is 1.50. The van der Waals surface area contributed by atoms with Crippen LogP contribution in [0, 0.1) is 5.82 Å². The highest BCUT2D eigenvalue weighted by molar-refractivity contribution is 6.03. The fourth-order valence-electron chi connectivity index (χ4n) is 4.77. The van der Waals surface area contributed by atoms with Gasteiger partial charge >= 0.3 is 12.2 Å². The molecule has 12 nitrogen and oxygen atoms in total. The maximum Gasteiger partial charge on any atom is 0.408 e. The van der Waals surface area contributed by atoms with E-state index in [0.717, 1.165) is 30.5 Å². The maximum absolute atomic E-state index is 14.8. The molecule has 4 rings (SSSR count). The van der Waals surface area contributed by atoms with Gasteiger partial charge in [0.2, 0.25) is 11.9 Å². The summed E-state index contributed by atoms with van der Waals surface area (Å²) in [6, 6.07) is 3.67. The molecule has 0 bridgehead atoms. The summed E-state index contributed by atoms with van der Waals surface area (Å²) in [5.74, 6) is -1.16. The Morgan fingerprint density at radius 3 is 2.40 bits per heavy atom. The van der Waals surface area contributed by atoms with Gasteiger partial charge in [0.05, 0.1) is 43.5 Å². The number of anilines is 6. The largest absolute Gasteiger partial charge is 0.494 e. The van der Waals surface area contributed by atoms with Crippen molar-refractivity contribution in [2.24, 2.45) is 0 Å². The number of nitrogens with one attached hydrogen (secondary N) is 2. The van der Waals surface area contributed by atoms with Crippen LogP contribution in [-0.2, 0) is 11.3 Å². The van der Waals surface area contributed by atoms with E-state index in [1.807, 2.05) is 30.9 Å². The van der Waals surface area contributed by atoms with Crippen LogP contribution in [0.2, 0.25) is 0 Å². The van der Waals surface area contributed by atoms with Gasteiger partial charge < -0.3 is 34.8 Å². The molecule has 0 unspecified atom stereocenters. The van der Waals surface area contributed by atoms with Crippen LogP contribution in [0.15, 0.2) is 49.2 Å². The number of urea groups is 1. The first-order valence-electron chi connectivity index (χ1n) is 14.3. The Labute approximate surface area is 269 Å². The zero-order chi connectivity index (χ0) is 34.6. The Kier molecular flexibility index (Phi) is 10.4. The first kappa shape index (κ1) is 34.7. The topological polar surface area (TPSA) is 115 Å². The van der Waals surface area contributed by atoms with Crippen LogP contribution in [0.5, 0.6) is 11.5 Å². The second-order valence-electron chi connectivity index (χ2n) is 10.9. The smallest absolute Gasteiger partial charge is 0.408 e. The Morgan fingerprint density at radius 2 is 1.81 bits per heavy atom. The van der Waals surface area contributed by atoms with Crippen LogP contribution in [0.1, 0.15) is 12.5 Å². The van der Waals surface area contributed by atoms with Crippen LogP contribution < -0.4 is 29.9 Å². The Bertz CT molecular complexity index is 1650. The third kappa shape index (κ3) is 7.65. The molecule has 1 aliphatic rings. The minimum absolute atomic E-state index is 0.0538. The second-order valence-corrected chi connectivity index (χ2v) is 10.9. The number of hydrogen-bond acceptors (Lipinski definition) is 9. The van der Waals surface area contributed by atoms with Gasteiger partial charge in [0, 0.05) is 44.0 Å². The minimum Gasteiger partial charge on any atom is -0.494 e. The summed E-state index contributed by atoms with van der Waals surface area (Å²) in [6.45, 7) is 5.28. The van der Waals surface area contributed by atoms with Gasteiger partial charge in [-0.2, -0.15) is 18.2 Å². The lowest BCUT2D eigenvalue weighted by Gasteiger charge is -2.39. The van der Waals surface area contributed by atoms with Crippen LogP contribution in [0.25, 0.3) is 0 Å². The molecule has 252 valence electrons. The molecule has 47 heavy (non-hydrogen) atoms. The molecule has 2 aromatic carbocycles. The zero-order valence-corrected chi connectivity index (χ0v) is 26.8. The van der Waals surface area contributed by atoms with E-state index in [-0.39, 0.29) is 28.8 Å². The van der Waals surface area contributed by atoms with Crippen molar-refractivity contribution in [1.82, 2.24) is 19.8 Å².